The molecule has 2 amide bonds. The van der Waals surface area contributed by atoms with Crippen LogP contribution in [-0.2, 0) is 16.0 Å². The Balaban J connectivity index is 1.30. The fourth-order valence-corrected chi connectivity index (χ4v) is 4.60. The van der Waals surface area contributed by atoms with Crippen molar-refractivity contribution in [3.63, 3.8) is 0 Å². The van der Waals surface area contributed by atoms with Gasteiger partial charge in [0.1, 0.15) is 11.9 Å². The topological polar surface area (TPSA) is 108 Å². The molecule has 0 aliphatic heterocycles. The minimum atomic E-state index is -0.744. The van der Waals surface area contributed by atoms with Crippen molar-refractivity contribution in [2.24, 2.45) is 0 Å². The maximum Gasteiger partial charge on any atom is 0.328 e. The molecule has 1 unspecified atom stereocenters. The Labute approximate surface area is 211 Å². The molecule has 0 radical (unpaired) electrons. The molecule has 36 heavy (non-hydrogen) atoms. The van der Waals surface area contributed by atoms with E-state index in [1.165, 1.54) is 7.11 Å². The number of nitrogens with zero attached hydrogens (tertiary/aromatic N) is 3. The monoisotopic (exact) mass is 490 g/mol. The molecule has 4 rings (SSSR count). The molecule has 1 aromatic heterocycles. The number of benzene rings is 2. The standard InChI is InChI=1S/C27H34N6O3/c1-33(2)24-21-11-7-8-12-22(21)30-26(32-24)28-19-13-15-20(16-14-19)29-27(35)31-23(25(34)36-3)17-18-9-5-4-6-10-18/h4-12,19-20,23H,13-17H2,1-3H3,(H,28,30,32)(H2,29,31,35)/t19-,20+,23?. The van der Waals surface area contributed by atoms with Crippen molar-refractivity contribution in [2.45, 2.75) is 50.2 Å². The van der Waals surface area contributed by atoms with Crippen molar-refractivity contribution in [3.8, 4) is 0 Å². The van der Waals surface area contributed by atoms with Crippen LogP contribution in [0.15, 0.2) is 54.6 Å². The van der Waals surface area contributed by atoms with E-state index in [4.69, 9.17) is 14.7 Å². The smallest absolute Gasteiger partial charge is 0.328 e. The van der Waals surface area contributed by atoms with E-state index in [9.17, 15) is 9.59 Å². The van der Waals surface area contributed by atoms with Gasteiger partial charge in [-0.15, -0.1) is 0 Å². The van der Waals surface area contributed by atoms with Crippen LogP contribution in [-0.4, -0.2) is 61.3 Å². The molecule has 190 valence electrons. The number of fused-ring (bicyclic) bond motifs is 1. The lowest BCUT2D eigenvalue weighted by atomic mass is 9.91. The Bertz CT molecular complexity index is 1180. The zero-order valence-electron chi connectivity index (χ0n) is 21.0. The number of hydrogen-bond donors (Lipinski definition) is 3. The van der Waals surface area contributed by atoms with Crippen molar-refractivity contribution in [1.82, 2.24) is 20.6 Å². The minimum Gasteiger partial charge on any atom is -0.467 e. The first-order valence-corrected chi connectivity index (χ1v) is 12.3. The van der Waals surface area contributed by atoms with Crippen molar-refractivity contribution >= 4 is 34.7 Å². The van der Waals surface area contributed by atoms with Gasteiger partial charge in [-0.3, -0.25) is 0 Å². The molecule has 1 aliphatic rings. The number of rotatable bonds is 8. The maximum atomic E-state index is 12.7. The van der Waals surface area contributed by atoms with Crippen LogP contribution in [0.25, 0.3) is 10.9 Å². The molecule has 1 atom stereocenters. The van der Waals surface area contributed by atoms with E-state index in [0.29, 0.717) is 12.4 Å². The number of esters is 1. The predicted molar refractivity (Wildman–Crippen MR) is 141 cm³/mol. The van der Waals surface area contributed by atoms with E-state index >= 15 is 0 Å². The highest BCUT2D eigenvalue weighted by atomic mass is 16.5. The van der Waals surface area contributed by atoms with Gasteiger partial charge in [0, 0.05) is 38.0 Å². The highest BCUT2D eigenvalue weighted by molar-refractivity contribution is 5.90. The number of aromatic nitrogens is 2. The second-order valence-electron chi connectivity index (χ2n) is 9.36. The summed E-state index contributed by atoms with van der Waals surface area (Å²) in [5.41, 5.74) is 1.86. The Morgan fingerprint density at radius 3 is 2.33 bits per heavy atom. The lowest BCUT2D eigenvalue weighted by Gasteiger charge is -2.30. The number of carbonyl (C=O) groups excluding carboxylic acids is 2. The van der Waals surface area contributed by atoms with Crippen LogP contribution in [0, 0.1) is 0 Å². The van der Waals surface area contributed by atoms with Crippen LogP contribution in [0.5, 0.6) is 0 Å². The summed E-state index contributed by atoms with van der Waals surface area (Å²) in [6.45, 7) is 0. The van der Waals surface area contributed by atoms with Gasteiger partial charge in [-0.05, 0) is 43.4 Å². The summed E-state index contributed by atoms with van der Waals surface area (Å²) in [6.07, 6.45) is 3.77. The number of anilines is 2. The van der Waals surface area contributed by atoms with Crippen molar-refractivity contribution < 1.29 is 14.3 Å². The van der Waals surface area contributed by atoms with E-state index in [1.807, 2.05) is 73.6 Å². The molecule has 9 nitrogen and oxygen atoms in total. The first kappa shape index (κ1) is 25.2. The van der Waals surface area contributed by atoms with Crippen LogP contribution in [0.1, 0.15) is 31.2 Å². The molecular formula is C27H34N6O3. The molecule has 9 heteroatoms. The zero-order valence-corrected chi connectivity index (χ0v) is 21.0. The summed E-state index contributed by atoms with van der Waals surface area (Å²) in [5, 5.41) is 10.3. The SMILES string of the molecule is COC(=O)C(Cc1ccccc1)NC(=O)N[C@H]1CC[C@@H](Nc2nc(N(C)C)c3ccccc3n2)CC1. The third kappa shape index (κ3) is 6.41. The Morgan fingerprint density at radius 1 is 0.972 bits per heavy atom. The normalized spacial score (nSPS) is 18.2. The van der Waals surface area contributed by atoms with Crippen LogP contribution in [0.4, 0.5) is 16.6 Å². The number of ether oxygens (including phenoxy) is 1. The summed E-state index contributed by atoms with van der Waals surface area (Å²) in [7, 11) is 5.28. The van der Waals surface area contributed by atoms with Crippen molar-refractivity contribution in [1.29, 1.82) is 0 Å². The van der Waals surface area contributed by atoms with Gasteiger partial charge in [0.05, 0.1) is 12.6 Å². The van der Waals surface area contributed by atoms with Gasteiger partial charge >= 0.3 is 12.0 Å². The van der Waals surface area contributed by atoms with Crippen LogP contribution in [0.3, 0.4) is 0 Å². The molecule has 1 fully saturated rings. The summed E-state index contributed by atoms with van der Waals surface area (Å²) in [4.78, 5) is 36.3. The Kier molecular flexibility index (Phi) is 8.20. The van der Waals surface area contributed by atoms with Gasteiger partial charge in [0.2, 0.25) is 5.95 Å². The highest BCUT2D eigenvalue weighted by Crippen LogP contribution is 2.26. The second kappa shape index (κ2) is 11.7. The second-order valence-corrected chi connectivity index (χ2v) is 9.36. The summed E-state index contributed by atoms with van der Waals surface area (Å²) in [5.74, 6) is 1.04. The molecule has 0 spiro atoms. The molecular weight excluding hydrogens is 456 g/mol. The number of carbonyl (C=O) groups is 2. The van der Waals surface area contributed by atoms with Gasteiger partial charge in [-0.2, -0.15) is 4.98 Å². The quantitative estimate of drug-likeness (QED) is 0.415. The largest absolute Gasteiger partial charge is 0.467 e. The summed E-state index contributed by atoms with van der Waals surface area (Å²) >= 11 is 0. The van der Waals surface area contributed by atoms with Gasteiger partial charge in [-0.25, -0.2) is 14.6 Å². The number of amides is 2. The first-order valence-electron chi connectivity index (χ1n) is 12.3. The first-order chi connectivity index (χ1) is 17.4. The van der Waals surface area contributed by atoms with Crippen molar-refractivity contribution in [3.05, 3.63) is 60.2 Å². The highest BCUT2D eigenvalue weighted by Gasteiger charge is 2.26. The number of nitrogens with one attached hydrogen (secondary N) is 3. The molecule has 1 aliphatic carbocycles. The Morgan fingerprint density at radius 2 is 1.64 bits per heavy atom. The van der Waals surface area contributed by atoms with E-state index < -0.39 is 12.0 Å². The molecule has 0 saturated heterocycles. The number of hydrogen-bond acceptors (Lipinski definition) is 7. The average molecular weight is 491 g/mol. The minimum absolute atomic E-state index is 0.0351. The number of para-hydroxylation sites is 1. The third-order valence-corrected chi connectivity index (χ3v) is 6.48. The maximum absolute atomic E-state index is 12.7. The lowest BCUT2D eigenvalue weighted by molar-refractivity contribution is -0.142. The fourth-order valence-electron chi connectivity index (χ4n) is 4.60. The number of methoxy groups -OCH3 is 1. The van der Waals surface area contributed by atoms with Gasteiger partial charge < -0.3 is 25.6 Å². The van der Waals surface area contributed by atoms with Crippen LogP contribution < -0.4 is 20.9 Å². The fraction of sp³-hybridized carbons (Fsp3) is 0.407. The molecule has 3 N–H and O–H groups in total. The van der Waals surface area contributed by atoms with Crippen LogP contribution >= 0.6 is 0 Å². The van der Waals surface area contributed by atoms with Gasteiger partial charge in [-0.1, -0.05) is 42.5 Å². The van der Waals surface area contributed by atoms with Gasteiger partial charge in [0.25, 0.3) is 0 Å². The summed E-state index contributed by atoms with van der Waals surface area (Å²) in [6, 6.07) is 16.7. The van der Waals surface area contributed by atoms with E-state index in [-0.39, 0.29) is 18.1 Å². The Hall–Kier alpha value is -3.88. The predicted octanol–water partition coefficient (Wildman–Crippen LogP) is 3.50. The number of urea groups is 1. The van der Waals surface area contributed by atoms with E-state index in [1.54, 1.807) is 0 Å². The zero-order chi connectivity index (χ0) is 25.5. The molecule has 3 aromatic rings. The van der Waals surface area contributed by atoms with E-state index in [2.05, 4.69) is 16.0 Å². The molecule has 0 bridgehead atoms. The van der Waals surface area contributed by atoms with Crippen LogP contribution in [0.2, 0.25) is 0 Å². The average Bonchev–Trinajstić information content (AvgIpc) is 2.89. The third-order valence-electron chi connectivity index (χ3n) is 6.48. The lowest BCUT2D eigenvalue weighted by Crippen LogP contribution is -2.51. The van der Waals surface area contributed by atoms with Gasteiger partial charge in [0.15, 0.2) is 0 Å². The van der Waals surface area contributed by atoms with E-state index in [0.717, 1.165) is 48.0 Å². The van der Waals surface area contributed by atoms with Crippen molar-refractivity contribution in [2.75, 3.05) is 31.4 Å². The summed E-state index contributed by atoms with van der Waals surface area (Å²) < 4.78 is 4.89. The molecule has 1 saturated carbocycles. The molecule has 2 aromatic carbocycles. The molecule has 1 heterocycles.